The number of hydrogen-bond acceptors (Lipinski definition) is 4. The highest BCUT2D eigenvalue weighted by atomic mass is 35.5. The summed E-state index contributed by atoms with van der Waals surface area (Å²) < 4.78 is 0. The summed E-state index contributed by atoms with van der Waals surface area (Å²) in [6, 6.07) is 3.87. The van der Waals surface area contributed by atoms with Crippen molar-refractivity contribution in [3.05, 3.63) is 30.7 Å². The second kappa shape index (κ2) is 4.20. The molecule has 2 heterocycles. The molecule has 0 radical (unpaired) electrons. The molecule has 0 amide bonds. The first-order valence-electron chi connectivity index (χ1n) is 3.48. The van der Waals surface area contributed by atoms with Crippen LogP contribution in [0.1, 0.15) is 0 Å². The molecular formula is C8H8ClN3S. The quantitative estimate of drug-likeness (QED) is 0.790. The summed E-state index contributed by atoms with van der Waals surface area (Å²) >= 11 is 1.48. The van der Waals surface area contributed by atoms with Crippen LogP contribution >= 0.6 is 23.7 Å². The molecule has 0 atom stereocenters. The summed E-state index contributed by atoms with van der Waals surface area (Å²) in [4.78, 5) is 8.98. The van der Waals surface area contributed by atoms with Gasteiger partial charge in [-0.3, -0.25) is 4.98 Å². The van der Waals surface area contributed by atoms with Crippen LogP contribution in [0.3, 0.4) is 0 Å². The van der Waals surface area contributed by atoms with Gasteiger partial charge in [-0.1, -0.05) is 11.3 Å². The molecule has 0 aromatic carbocycles. The SMILES string of the molecule is Cl.Nc1ncc(-c2ccncc2)s1. The molecule has 68 valence electrons. The molecule has 5 heteroatoms. The topological polar surface area (TPSA) is 51.8 Å². The lowest BCUT2D eigenvalue weighted by Gasteiger charge is -1.91. The van der Waals surface area contributed by atoms with Gasteiger partial charge in [-0.2, -0.15) is 0 Å². The Balaban J connectivity index is 0.000000845. The minimum absolute atomic E-state index is 0. The fraction of sp³-hybridized carbons (Fsp3) is 0. The molecule has 0 aliphatic heterocycles. The van der Waals surface area contributed by atoms with Crippen molar-refractivity contribution in [2.75, 3.05) is 5.73 Å². The molecule has 0 fully saturated rings. The van der Waals surface area contributed by atoms with Gasteiger partial charge in [0.15, 0.2) is 5.13 Å². The summed E-state index contributed by atoms with van der Waals surface area (Å²) in [6.07, 6.45) is 5.28. The predicted molar refractivity (Wildman–Crippen MR) is 57.0 cm³/mol. The van der Waals surface area contributed by atoms with Gasteiger partial charge in [-0.15, -0.1) is 12.4 Å². The zero-order valence-electron chi connectivity index (χ0n) is 6.68. The summed E-state index contributed by atoms with van der Waals surface area (Å²) in [5, 5.41) is 0.599. The van der Waals surface area contributed by atoms with Crippen LogP contribution in [0.2, 0.25) is 0 Å². The first kappa shape index (κ1) is 9.95. The van der Waals surface area contributed by atoms with E-state index in [-0.39, 0.29) is 12.4 Å². The van der Waals surface area contributed by atoms with Crippen molar-refractivity contribution >= 4 is 28.9 Å². The number of nitrogens with zero attached hydrogens (tertiary/aromatic N) is 2. The second-order valence-electron chi connectivity index (χ2n) is 2.30. The van der Waals surface area contributed by atoms with Crippen LogP contribution in [0.15, 0.2) is 30.7 Å². The van der Waals surface area contributed by atoms with Crippen LogP contribution in [-0.2, 0) is 0 Å². The Labute approximate surface area is 86.1 Å². The van der Waals surface area contributed by atoms with E-state index >= 15 is 0 Å². The van der Waals surface area contributed by atoms with Crippen molar-refractivity contribution in [2.24, 2.45) is 0 Å². The van der Waals surface area contributed by atoms with Crippen LogP contribution in [-0.4, -0.2) is 9.97 Å². The Morgan fingerprint density at radius 1 is 1.23 bits per heavy atom. The summed E-state index contributed by atoms with van der Waals surface area (Å²) in [7, 11) is 0. The van der Waals surface area contributed by atoms with Crippen molar-refractivity contribution < 1.29 is 0 Å². The van der Waals surface area contributed by atoms with Crippen LogP contribution in [0.5, 0.6) is 0 Å². The molecule has 13 heavy (non-hydrogen) atoms. The Morgan fingerprint density at radius 3 is 2.46 bits per heavy atom. The lowest BCUT2D eigenvalue weighted by Crippen LogP contribution is -1.77. The highest BCUT2D eigenvalue weighted by Crippen LogP contribution is 2.26. The van der Waals surface area contributed by atoms with Gasteiger partial charge in [0.2, 0.25) is 0 Å². The molecule has 0 aliphatic carbocycles. The second-order valence-corrected chi connectivity index (χ2v) is 3.36. The Hall–Kier alpha value is -1.13. The number of aromatic nitrogens is 2. The average molecular weight is 214 g/mol. The molecule has 0 spiro atoms. The summed E-state index contributed by atoms with van der Waals surface area (Å²) in [5.41, 5.74) is 6.62. The van der Waals surface area contributed by atoms with Crippen molar-refractivity contribution in [1.82, 2.24) is 9.97 Å². The number of rotatable bonds is 1. The minimum Gasteiger partial charge on any atom is -0.375 e. The van der Waals surface area contributed by atoms with Crippen LogP contribution in [0, 0.1) is 0 Å². The summed E-state index contributed by atoms with van der Waals surface area (Å²) in [5.74, 6) is 0. The van der Waals surface area contributed by atoms with E-state index in [9.17, 15) is 0 Å². The third-order valence-electron chi connectivity index (χ3n) is 1.49. The van der Waals surface area contributed by atoms with Gasteiger partial charge in [0.25, 0.3) is 0 Å². The number of nitrogen functional groups attached to an aromatic ring is 1. The van der Waals surface area contributed by atoms with Gasteiger partial charge >= 0.3 is 0 Å². The largest absolute Gasteiger partial charge is 0.375 e. The lowest BCUT2D eigenvalue weighted by atomic mass is 10.2. The normalized spacial score (nSPS) is 9.23. The van der Waals surface area contributed by atoms with Crippen LogP contribution in [0.4, 0.5) is 5.13 Å². The standard InChI is InChI=1S/C8H7N3S.ClH/c9-8-11-5-7(12-8)6-1-3-10-4-2-6;/h1-5H,(H2,9,11);1H. The third-order valence-corrected chi connectivity index (χ3v) is 2.36. The Morgan fingerprint density at radius 2 is 1.92 bits per heavy atom. The zero-order valence-corrected chi connectivity index (χ0v) is 8.31. The van der Waals surface area contributed by atoms with E-state index in [0.29, 0.717) is 5.13 Å². The third kappa shape index (κ3) is 2.17. The average Bonchev–Trinajstić information content (AvgIpc) is 2.54. The number of hydrogen-bond donors (Lipinski definition) is 1. The van der Waals surface area contributed by atoms with Gasteiger partial charge in [0.05, 0.1) is 4.88 Å². The predicted octanol–water partition coefficient (Wildman–Crippen LogP) is 2.21. The monoisotopic (exact) mass is 213 g/mol. The number of nitrogens with two attached hydrogens (primary N) is 1. The van der Waals surface area contributed by atoms with E-state index in [4.69, 9.17) is 5.73 Å². The molecule has 2 aromatic heterocycles. The fourth-order valence-corrected chi connectivity index (χ4v) is 1.63. The maximum Gasteiger partial charge on any atom is 0.180 e. The number of pyridine rings is 1. The van der Waals surface area contributed by atoms with Crippen molar-refractivity contribution in [1.29, 1.82) is 0 Å². The first-order valence-corrected chi connectivity index (χ1v) is 4.29. The van der Waals surface area contributed by atoms with Crippen molar-refractivity contribution in [3.8, 4) is 10.4 Å². The zero-order chi connectivity index (χ0) is 8.39. The maximum atomic E-state index is 5.51. The van der Waals surface area contributed by atoms with Crippen molar-refractivity contribution in [2.45, 2.75) is 0 Å². The fourth-order valence-electron chi connectivity index (χ4n) is 0.937. The van der Waals surface area contributed by atoms with Crippen molar-refractivity contribution in [3.63, 3.8) is 0 Å². The van der Waals surface area contributed by atoms with E-state index < -0.39 is 0 Å². The van der Waals surface area contributed by atoms with E-state index in [1.807, 2.05) is 12.1 Å². The van der Waals surface area contributed by atoms with E-state index in [1.165, 1.54) is 11.3 Å². The Bertz CT molecular complexity index is 374. The lowest BCUT2D eigenvalue weighted by molar-refractivity contribution is 1.33. The molecule has 2 aromatic rings. The number of halogens is 1. The number of anilines is 1. The Kier molecular flexibility index (Phi) is 3.22. The summed E-state index contributed by atoms with van der Waals surface area (Å²) in [6.45, 7) is 0. The molecule has 0 aliphatic rings. The molecule has 0 saturated carbocycles. The molecule has 0 saturated heterocycles. The highest BCUT2D eigenvalue weighted by molar-refractivity contribution is 7.18. The molecule has 3 nitrogen and oxygen atoms in total. The van der Waals surface area contributed by atoms with Crippen LogP contribution in [0.25, 0.3) is 10.4 Å². The van der Waals surface area contributed by atoms with E-state index in [0.717, 1.165) is 10.4 Å². The first-order chi connectivity index (χ1) is 5.86. The molecule has 2 rings (SSSR count). The molecule has 0 bridgehead atoms. The van der Waals surface area contributed by atoms with Crippen LogP contribution < -0.4 is 5.73 Å². The minimum atomic E-state index is 0. The van der Waals surface area contributed by atoms with Gasteiger partial charge in [0.1, 0.15) is 0 Å². The smallest absolute Gasteiger partial charge is 0.180 e. The molecule has 2 N–H and O–H groups in total. The number of thiazole rings is 1. The van der Waals surface area contributed by atoms with Gasteiger partial charge in [-0.05, 0) is 17.7 Å². The van der Waals surface area contributed by atoms with E-state index in [2.05, 4.69) is 9.97 Å². The highest BCUT2D eigenvalue weighted by Gasteiger charge is 1.99. The van der Waals surface area contributed by atoms with E-state index in [1.54, 1.807) is 18.6 Å². The maximum absolute atomic E-state index is 5.51. The molecular weight excluding hydrogens is 206 g/mol. The molecule has 0 unspecified atom stereocenters. The van der Waals surface area contributed by atoms with Gasteiger partial charge in [-0.25, -0.2) is 4.98 Å². The van der Waals surface area contributed by atoms with Gasteiger partial charge < -0.3 is 5.73 Å². The van der Waals surface area contributed by atoms with Gasteiger partial charge in [0, 0.05) is 18.6 Å².